The van der Waals surface area contributed by atoms with Crippen molar-refractivity contribution in [3.63, 3.8) is 0 Å². The van der Waals surface area contributed by atoms with Crippen LogP contribution in [0.15, 0.2) is 18.2 Å². The summed E-state index contributed by atoms with van der Waals surface area (Å²) in [7, 11) is 1.62. The maximum atomic E-state index is 11.2. The van der Waals surface area contributed by atoms with Crippen LogP contribution in [-0.4, -0.2) is 43.2 Å². The third-order valence-corrected chi connectivity index (χ3v) is 4.39. The van der Waals surface area contributed by atoms with Crippen molar-refractivity contribution in [3.8, 4) is 0 Å². The predicted molar refractivity (Wildman–Crippen MR) is 89.0 cm³/mol. The maximum absolute atomic E-state index is 11.2. The van der Waals surface area contributed by atoms with Crippen molar-refractivity contribution in [2.75, 3.05) is 13.7 Å². The predicted octanol–water partition coefficient (Wildman–Crippen LogP) is 2.98. The second-order valence-electron chi connectivity index (χ2n) is 5.75. The van der Waals surface area contributed by atoms with Gasteiger partial charge in [-0.15, -0.1) is 0 Å². The van der Waals surface area contributed by atoms with Gasteiger partial charge in [-0.2, -0.15) is 0 Å². The molecule has 23 heavy (non-hydrogen) atoms. The van der Waals surface area contributed by atoms with E-state index >= 15 is 0 Å². The van der Waals surface area contributed by atoms with E-state index in [0.29, 0.717) is 29.5 Å². The van der Waals surface area contributed by atoms with Crippen LogP contribution in [0, 0.1) is 5.92 Å². The van der Waals surface area contributed by atoms with Crippen LogP contribution in [0.2, 0.25) is 10.0 Å². The Bertz CT molecular complexity index is 535. The van der Waals surface area contributed by atoms with Crippen LogP contribution < -0.4 is 5.32 Å². The molecule has 1 saturated heterocycles. The smallest absolute Gasteiger partial charge is 0.323 e. The van der Waals surface area contributed by atoms with Crippen LogP contribution in [0.5, 0.6) is 0 Å². The molecule has 4 atom stereocenters. The standard InChI is InChI=1S/C16H21Cl2NO4/c1-9-5-13(23-15(9)14(19-2)16(20)21)22-4-3-10-6-11(17)8-12(18)7-10/h6-9,13-15,19H,3-5H2,1-2H3,(H,20,21)/t9-,13-,14-,15-/m1/s1. The van der Waals surface area contributed by atoms with Crippen molar-refractivity contribution in [3.05, 3.63) is 33.8 Å². The fraction of sp³-hybridized carbons (Fsp3) is 0.562. The van der Waals surface area contributed by atoms with Crippen LogP contribution >= 0.6 is 23.2 Å². The lowest BCUT2D eigenvalue weighted by molar-refractivity contribution is -0.157. The zero-order chi connectivity index (χ0) is 17.0. The van der Waals surface area contributed by atoms with E-state index in [1.54, 1.807) is 13.1 Å². The Labute approximate surface area is 145 Å². The van der Waals surface area contributed by atoms with E-state index in [4.69, 9.17) is 32.7 Å². The van der Waals surface area contributed by atoms with Gasteiger partial charge in [0.15, 0.2) is 6.29 Å². The topological polar surface area (TPSA) is 67.8 Å². The van der Waals surface area contributed by atoms with E-state index < -0.39 is 18.1 Å². The summed E-state index contributed by atoms with van der Waals surface area (Å²) in [5, 5.41) is 13.2. The van der Waals surface area contributed by atoms with Gasteiger partial charge in [-0.25, -0.2) is 0 Å². The fourth-order valence-electron chi connectivity index (χ4n) is 2.81. The third-order valence-electron chi connectivity index (χ3n) is 3.96. The zero-order valence-corrected chi connectivity index (χ0v) is 14.6. The van der Waals surface area contributed by atoms with Crippen LogP contribution in [0.3, 0.4) is 0 Å². The molecule has 0 saturated carbocycles. The molecule has 0 amide bonds. The van der Waals surface area contributed by atoms with Gasteiger partial charge in [-0.1, -0.05) is 30.1 Å². The maximum Gasteiger partial charge on any atom is 0.323 e. The van der Waals surface area contributed by atoms with Crippen molar-refractivity contribution in [2.24, 2.45) is 5.92 Å². The average Bonchev–Trinajstić information content (AvgIpc) is 2.79. The molecule has 1 aliphatic heterocycles. The molecular weight excluding hydrogens is 341 g/mol. The summed E-state index contributed by atoms with van der Waals surface area (Å²) in [6, 6.07) is 4.65. The van der Waals surface area contributed by atoms with E-state index in [0.717, 1.165) is 5.56 Å². The summed E-state index contributed by atoms with van der Waals surface area (Å²) >= 11 is 11.9. The summed E-state index contributed by atoms with van der Waals surface area (Å²) in [6.45, 7) is 2.43. The van der Waals surface area contributed by atoms with Crippen LogP contribution in [0.4, 0.5) is 0 Å². The molecule has 0 unspecified atom stereocenters. The lowest BCUT2D eigenvalue weighted by Crippen LogP contribution is -2.46. The molecule has 5 nitrogen and oxygen atoms in total. The Morgan fingerprint density at radius 3 is 2.65 bits per heavy atom. The van der Waals surface area contributed by atoms with Gasteiger partial charge in [-0.05, 0) is 43.1 Å². The number of rotatable bonds is 7. The molecule has 0 bridgehead atoms. The molecule has 2 N–H and O–H groups in total. The Morgan fingerprint density at radius 1 is 1.43 bits per heavy atom. The SMILES string of the molecule is CN[C@@H](C(=O)O)[C@@H]1O[C@@H](OCCc2cc(Cl)cc(Cl)c2)C[C@H]1C. The van der Waals surface area contributed by atoms with E-state index in [2.05, 4.69) is 5.32 Å². The van der Waals surface area contributed by atoms with Crippen LogP contribution in [-0.2, 0) is 20.7 Å². The van der Waals surface area contributed by atoms with Gasteiger partial charge in [0.05, 0.1) is 12.7 Å². The first kappa shape index (κ1) is 18.5. The number of halogens is 2. The first-order chi connectivity index (χ1) is 10.9. The van der Waals surface area contributed by atoms with Crippen molar-refractivity contribution >= 4 is 29.2 Å². The highest BCUT2D eigenvalue weighted by molar-refractivity contribution is 6.34. The second kappa shape index (κ2) is 8.31. The number of carboxylic acid groups (broad SMARTS) is 1. The van der Waals surface area contributed by atoms with Gasteiger partial charge < -0.3 is 19.9 Å². The largest absolute Gasteiger partial charge is 0.480 e. The molecular formula is C16H21Cl2NO4. The highest BCUT2D eigenvalue weighted by Crippen LogP contribution is 2.29. The minimum Gasteiger partial charge on any atom is -0.480 e. The summed E-state index contributed by atoms with van der Waals surface area (Å²) < 4.78 is 11.5. The summed E-state index contributed by atoms with van der Waals surface area (Å²) in [5.74, 6) is -0.812. The number of carboxylic acids is 1. The second-order valence-corrected chi connectivity index (χ2v) is 6.62. The van der Waals surface area contributed by atoms with Crippen LogP contribution in [0.25, 0.3) is 0 Å². The molecule has 7 heteroatoms. The van der Waals surface area contributed by atoms with E-state index in [1.165, 1.54) is 0 Å². The number of aliphatic carboxylic acids is 1. The van der Waals surface area contributed by atoms with Crippen molar-refractivity contribution in [2.45, 2.75) is 38.2 Å². The molecule has 0 aliphatic carbocycles. The molecule has 0 spiro atoms. The number of hydrogen-bond acceptors (Lipinski definition) is 4. The number of likely N-dealkylation sites (N-methyl/N-ethyl adjacent to an activating group) is 1. The number of carbonyl (C=O) groups is 1. The monoisotopic (exact) mass is 361 g/mol. The third kappa shape index (κ3) is 5.06. The number of hydrogen-bond donors (Lipinski definition) is 2. The molecule has 1 heterocycles. The van der Waals surface area contributed by atoms with E-state index in [9.17, 15) is 9.90 Å². The normalized spacial score (nSPS) is 25.5. The highest BCUT2D eigenvalue weighted by atomic mass is 35.5. The Morgan fingerprint density at radius 2 is 2.09 bits per heavy atom. The Kier molecular flexibility index (Phi) is 6.68. The molecule has 1 aromatic rings. The highest BCUT2D eigenvalue weighted by Gasteiger charge is 2.40. The van der Waals surface area contributed by atoms with Gasteiger partial charge in [-0.3, -0.25) is 4.79 Å². The summed E-state index contributed by atoms with van der Waals surface area (Å²) in [6.07, 6.45) is 0.544. The van der Waals surface area contributed by atoms with Gasteiger partial charge in [0, 0.05) is 16.5 Å². The molecule has 128 valence electrons. The van der Waals surface area contributed by atoms with Gasteiger partial charge in [0.25, 0.3) is 0 Å². The van der Waals surface area contributed by atoms with Crippen molar-refractivity contribution in [1.82, 2.24) is 5.32 Å². The van der Waals surface area contributed by atoms with Gasteiger partial charge in [0.1, 0.15) is 6.04 Å². The minimum absolute atomic E-state index is 0.106. The van der Waals surface area contributed by atoms with Crippen molar-refractivity contribution < 1.29 is 19.4 Å². The Balaban J connectivity index is 1.84. The van der Waals surface area contributed by atoms with E-state index in [1.807, 2.05) is 19.1 Å². The Hall–Kier alpha value is -0.850. The number of ether oxygens (including phenoxy) is 2. The summed E-state index contributed by atoms with van der Waals surface area (Å²) in [5.41, 5.74) is 0.990. The number of benzene rings is 1. The lowest BCUT2D eigenvalue weighted by Gasteiger charge is -2.22. The molecule has 0 radical (unpaired) electrons. The molecule has 1 aromatic carbocycles. The molecule has 1 aliphatic rings. The first-order valence-electron chi connectivity index (χ1n) is 7.52. The van der Waals surface area contributed by atoms with Crippen LogP contribution in [0.1, 0.15) is 18.9 Å². The quantitative estimate of drug-likeness (QED) is 0.781. The lowest BCUT2D eigenvalue weighted by atomic mass is 9.97. The molecule has 1 fully saturated rings. The fourth-order valence-corrected chi connectivity index (χ4v) is 3.38. The molecule has 2 rings (SSSR count). The van der Waals surface area contributed by atoms with Crippen molar-refractivity contribution in [1.29, 1.82) is 0 Å². The number of nitrogens with one attached hydrogen (secondary N) is 1. The molecule has 0 aromatic heterocycles. The zero-order valence-electron chi connectivity index (χ0n) is 13.1. The van der Waals surface area contributed by atoms with E-state index in [-0.39, 0.29) is 12.2 Å². The summed E-state index contributed by atoms with van der Waals surface area (Å²) in [4.78, 5) is 11.2. The average molecular weight is 362 g/mol. The van der Waals surface area contributed by atoms with Gasteiger partial charge >= 0.3 is 5.97 Å². The van der Waals surface area contributed by atoms with Gasteiger partial charge in [0.2, 0.25) is 0 Å². The first-order valence-corrected chi connectivity index (χ1v) is 8.28. The minimum atomic E-state index is -0.918.